The van der Waals surface area contributed by atoms with E-state index in [1.54, 1.807) is 30.3 Å². The van der Waals surface area contributed by atoms with Crippen molar-refractivity contribution >= 4 is 27.3 Å². The van der Waals surface area contributed by atoms with E-state index in [1.165, 1.54) is 0 Å². The molecule has 0 unspecified atom stereocenters. The molecule has 0 radical (unpaired) electrons. The van der Waals surface area contributed by atoms with Gasteiger partial charge in [0.1, 0.15) is 10.6 Å². The number of halogens is 6. The molecule has 0 aliphatic heterocycles. The molecule has 0 aromatic heterocycles. The number of carbonyl (C=O) groups excluding carboxylic acids is 1. The van der Waals surface area contributed by atoms with E-state index in [2.05, 4.69) is 14.8 Å². The predicted octanol–water partition coefficient (Wildman–Crippen LogP) is 5.00. The predicted molar refractivity (Wildman–Crippen MR) is 122 cm³/mol. The molecule has 0 fully saturated rings. The highest BCUT2D eigenvalue weighted by molar-refractivity contribution is 7.92. The van der Waals surface area contributed by atoms with Gasteiger partial charge in [0.15, 0.2) is 5.75 Å². The van der Waals surface area contributed by atoms with Crippen LogP contribution >= 0.6 is 0 Å². The highest BCUT2D eigenvalue weighted by atomic mass is 32.2. The van der Waals surface area contributed by atoms with Crippen molar-refractivity contribution in [3.63, 3.8) is 0 Å². The molecular formula is C23H18F6N2O6S. The number of hydrogen-bond acceptors (Lipinski definition) is 6. The number of nitrogens with one attached hydrogen (secondary N) is 2. The quantitative estimate of drug-likeness (QED) is 0.316. The first-order chi connectivity index (χ1) is 17.7. The lowest BCUT2D eigenvalue weighted by Crippen LogP contribution is -2.24. The number of aliphatic hydroxyl groups is 1. The largest absolute Gasteiger partial charge is 0.573 e. The number of aliphatic hydroxyl groups excluding tert-OH is 1. The third-order valence-electron chi connectivity index (χ3n) is 4.75. The summed E-state index contributed by atoms with van der Waals surface area (Å²) in [4.78, 5) is 11.6. The van der Waals surface area contributed by atoms with Crippen LogP contribution in [0.15, 0.2) is 77.7 Å². The van der Waals surface area contributed by atoms with Gasteiger partial charge in [0.05, 0.1) is 18.2 Å². The lowest BCUT2D eigenvalue weighted by molar-refractivity contribution is -0.276. The molecule has 1 amide bonds. The summed E-state index contributed by atoms with van der Waals surface area (Å²) in [6.07, 6.45) is -10.4. The summed E-state index contributed by atoms with van der Waals surface area (Å²) in [7, 11) is -4.85. The van der Waals surface area contributed by atoms with Crippen LogP contribution < -0.4 is 19.5 Å². The van der Waals surface area contributed by atoms with Crippen molar-refractivity contribution in [3.8, 4) is 11.5 Å². The molecule has 0 saturated carbocycles. The third kappa shape index (κ3) is 8.01. The topological polar surface area (TPSA) is 114 Å². The number of amides is 1. The Kier molecular flexibility index (Phi) is 8.41. The van der Waals surface area contributed by atoms with E-state index in [4.69, 9.17) is 0 Å². The van der Waals surface area contributed by atoms with Gasteiger partial charge < -0.3 is 19.9 Å². The fraction of sp³-hybridized carbons (Fsp3) is 0.174. The number of hydrogen-bond donors (Lipinski definition) is 3. The molecule has 0 heterocycles. The van der Waals surface area contributed by atoms with Crippen LogP contribution in [0.25, 0.3) is 0 Å². The number of ether oxygens (including phenoxy) is 2. The van der Waals surface area contributed by atoms with Crippen molar-refractivity contribution < 1.29 is 54.1 Å². The molecule has 1 atom stereocenters. The second-order valence-corrected chi connectivity index (χ2v) is 9.18. The Hall–Kier alpha value is -3.98. The zero-order valence-corrected chi connectivity index (χ0v) is 19.7. The Morgan fingerprint density at radius 1 is 0.842 bits per heavy atom. The lowest BCUT2D eigenvalue weighted by atomic mass is 9.99. The minimum atomic E-state index is -5.34. The molecule has 8 nitrogen and oxygen atoms in total. The van der Waals surface area contributed by atoms with Crippen LogP contribution in [0.2, 0.25) is 0 Å². The molecule has 0 aliphatic rings. The van der Waals surface area contributed by atoms with Crippen LogP contribution in [0.3, 0.4) is 0 Å². The maximum Gasteiger partial charge on any atom is 0.573 e. The Bertz CT molecular complexity index is 1380. The van der Waals surface area contributed by atoms with Gasteiger partial charge in [-0.3, -0.25) is 9.52 Å². The molecule has 3 N–H and O–H groups in total. The van der Waals surface area contributed by atoms with Crippen LogP contribution in [0, 0.1) is 0 Å². The normalized spacial score (nSPS) is 12.9. The van der Waals surface area contributed by atoms with Gasteiger partial charge in [0.2, 0.25) is 5.91 Å². The van der Waals surface area contributed by atoms with Gasteiger partial charge in [-0.2, -0.15) is 0 Å². The van der Waals surface area contributed by atoms with Crippen molar-refractivity contribution in [2.24, 2.45) is 0 Å². The first-order valence-electron chi connectivity index (χ1n) is 10.4. The third-order valence-corrected chi connectivity index (χ3v) is 6.17. The molecule has 0 aliphatic carbocycles. The summed E-state index contributed by atoms with van der Waals surface area (Å²) >= 11 is 0. The van der Waals surface area contributed by atoms with Crippen molar-refractivity contribution in [2.45, 2.75) is 23.5 Å². The van der Waals surface area contributed by atoms with E-state index >= 15 is 0 Å². The van der Waals surface area contributed by atoms with Gasteiger partial charge in [0, 0.05) is 17.8 Å². The summed E-state index contributed by atoms with van der Waals surface area (Å²) < 4.78 is 112. The van der Waals surface area contributed by atoms with Gasteiger partial charge in [-0.15, -0.1) is 26.3 Å². The molecule has 3 aromatic carbocycles. The van der Waals surface area contributed by atoms with Gasteiger partial charge in [-0.25, -0.2) is 8.42 Å². The van der Waals surface area contributed by atoms with Crippen LogP contribution in [0.1, 0.15) is 11.5 Å². The highest BCUT2D eigenvalue weighted by Crippen LogP contribution is 2.34. The van der Waals surface area contributed by atoms with Crippen molar-refractivity contribution in [1.29, 1.82) is 0 Å². The highest BCUT2D eigenvalue weighted by Gasteiger charge is 2.35. The molecular weight excluding hydrogens is 546 g/mol. The number of anilines is 2. The van der Waals surface area contributed by atoms with E-state index in [-0.39, 0.29) is 5.69 Å². The first-order valence-corrected chi connectivity index (χ1v) is 11.9. The van der Waals surface area contributed by atoms with Crippen LogP contribution in [-0.4, -0.2) is 38.8 Å². The summed E-state index contributed by atoms with van der Waals surface area (Å²) in [5.41, 5.74) is -0.321. The lowest BCUT2D eigenvalue weighted by Gasteiger charge is -2.18. The summed E-state index contributed by atoms with van der Waals surface area (Å²) in [5.74, 6) is -3.89. The standard InChI is InChI=1S/C23H18F6N2O6S/c24-22(25,26)36-17-8-4-7-16(11-17)31-38(34,35)20-10-9-15(12-19(20)37-23(27,28)29)30-21(33)18(13-32)14-5-2-1-3-6-14/h1-12,18,31-32H,13H2,(H,30,33)/t18-/m0/s1. The van der Waals surface area contributed by atoms with Crippen molar-refractivity contribution in [1.82, 2.24) is 0 Å². The summed E-state index contributed by atoms with van der Waals surface area (Å²) in [5, 5.41) is 11.9. The average Bonchev–Trinajstić information content (AvgIpc) is 2.78. The van der Waals surface area contributed by atoms with E-state index in [1.807, 2.05) is 4.72 Å². The van der Waals surface area contributed by atoms with Crippen LogP contribution in [-0.2, 0) is 14.8 Å². The minimum Gasteiger partial charge on any atom is -0.406 e. The van der Waals surface area contributed by atoms with E-state index < -0.39 is 63.3 Å². The second-order valence-electron chi connectivity index (χ2n) is 7.53. The zero-order chi connectivity index (χ0) is 28.1. The second kappa shape index (κ2) is 11.2. The van der Waals surface area contributed by atoms with E-state index in [0.717, 1.165) is 24.3 Å². The Morgan fingerprint density at radius 2 is 1.50 bits per heavy atom. The fourth-order valence-corrected chi connectivity index (χ4v) is 4.39. The van der Waals surface area contributed by atoms with Gasteiger partial charge in [-0.05, 0) is 29.8 Å². The Balaban J connectivity index is 1.91. The van der Waals surface area contributed by atoms with Gasteiger partial charge in [-0.1, -0.05) is 36.4 Å². The number of benzene rings is 3. The number of sulfonamides is 1. The fourth-order valence-electron chi connectivity index (χ4n) is 3.23. The molecule has 0 saturated heterocycles. The number of carbonyl (C=O) groups is 1. The molecule has 15 heteroatoms. The van der Waals surface area contributed by atoms with E-state index in [9.17, 15) is 44.7 Å². The van der Waals surface area contributed by atoms with Gasteiger partial charge in [0.25, 0.3) is 10.0 Å². The Morgan fingerprint density at radius 3 is 2.11 bits per heavy atom. The zero-order valence-electron chi connectivity index (χ0n) is 18.9. The van der Waals surface area contributed by atoms with Crippen molar-refractivity contribution in [2.75, 3.05) is 16.6 Å². The molecule has 38 heavy (non-hydrogen) atoms. The number of alkyl halides is 6. The molecule has 0 spiro atoms. The first kappa shape index (κ1) is 28.6. The van der Waals surface area contributed by atoms with Crippen LogP contribution in [0.5, 0.6) is 11.5 Å². The molecule has 3 aromatic rings. The minimum absolute atomic E-state index is 0.289. The summed E-state index contributed by atoms with van der Waals surface area (Å²) in [6, 6.07) is 13.9. The maximum atomic E-state index is 13.1. The summed E-state index contributed by atoms with van der Waals surface area (Å²) in [6.45, 7) is -0.630. The molecule has 204 valence electrons. The van der Waals surface area contributed by atoms with Crippen molar-refractivity contribution in [3.05, 3.63) is 78.4 Å². The van der Waals surface area contributed by atoms with E-state index in [0.29, 0.717) is 23.8 Å². The smallest absolute Gasteiger partial charge is 0.406 e. The average molecular weight is 564 g/mol. The molecule has 0 bridgehead atoms. The number of rotatable bonds is 9. The monoisotopic (exact) mass is 564 g/mol. The molecule has 3 rings (SSSR count). The Labute approximate surface area is 211 Å². The SMILES string of the molecule is O=C(Nc1ccc(S(=O)(=O)Nc2cccc(OC(F)(F)F)c2)c(OC(F)(F)F)c1)[C@@H](CO)c1ccccc1. The maximum absolute atomic E-state index is 13.1. The van der Waals surface area contributed by atoms with Gasteiger partial charge >= 0.3 is 12.7 Å². The van der Waals surface area contributed by atoms with Crippen LogP contribution in [0.4, 0.5) is 37.7 Å².